The molecular formula is C26H30Cl2N4O6. The van der Waals surface area contributed by atoms with Crippen molar-refractivity contribution in [3.8, 4) is 11.5 Å². The summed E-state index contributed by atoms with van der Waals surface area (Å²) in [4.78, 5) is 39.8. The molecule has 38 heavy (non-hydrogen) atoms. The normalized spacial score (nSPS) is 14.3. The molecule has 10 nitrogen and oxygen atoms in total. The molecule has 1 heterocycles. The predicted molar refractivity (Wildman–Crippen MR) is 144 cm³/mol. The van der Waals surface area contributed by atoms with Crippen LogP contribution in [-0.2, 0) is 14.3 Å². The summed E-state index contributed by atoms with van der Waals surface area (Å²) in [5.41, 5.74) is 3.13. The lowest BCUT2D eigenvalue weighted by Crippen LogP contribution is -2.48. The van der Waals surface area contributed by atoms with Gasteiger partial charge < -0.3 is 24.4 Å². The first-order valence-corrected chi connectivity index (χ1v) is 12.7. The molecule has 1 aliphatic heterocycles. The van der Waals surface area contributed by atoms with Crippen molar-refractivity contribution in [2.75, 3.05) is 40.0 Å². The molecule has 0 spiro atoms. The maximum atomic E-state index is 12.9. The van der Waals surface area contributed by atoms with Gasteiger partial charge in [0.2, 0.25) is 0 Å². The lowest BCUT2D eigenvalue weighted by atomic mass is 10.0. The van der Waals surface area contributed by atoms with E-state index in [1.54, 1.807) is 43.0 Å². The molecule has 1 aliphatic rings. The van der Waals surface area contributed by atoms with Crippen molar-refractivity contribution in [3.63, 3.8) is 0 Å². The number of benzene rings is 2. The summed E-state index contributed by atoms with van der Waals surface area (Å²) in [5.74, 6) is -0.753. The molecule has 0 radical (unpaired) electrons. The monoisotopic (exact) mass is 564 g/mol. The minimum absolute atomic E-state index is 0.174. The Kier molecular flexibility index (Phi) is 10.8. The number of nitrogens with one attached hydrogen (secondary N) is 2. The van der Waals surface area contributed by atoms with E-state index in [0.29, 0.717) is 48.4 Å². The van der Waals surface area contributed by atoms with Gasteiger partial charge in [-0.25, -0.2) is 5.43 Å². The minimum atomic E-state index is -0.890. The highest BCUT2D eigenvalue weighted by Crippen LogP contribution is 2.30. The molecule has 1 unspecified atom stereocenters. The number of hydrazone groups is 1. The zero-order valence-electron chi connectivity index (χ0n) is 21.3. The number of nitrogens with zero attached hydrogens (tertiary/aromatic N) is 2. The first-order chi connectivity index (χ1) is 18.2. The van der Waals surface area contributed by atoms with Gasteiger partial charge in [-0.3, -0.25) is 14.4 Å². The van der Waals surface area contributed by atoms with Gasteiger partial charge >= 0.3 is 0 Å². The Hall–Kier alpha value is -3.34. The highest BCUT2D eigenvalue weighted by atomic mass is 35.5. The van der Waals surface area contributed by atoms with Crippen molar-refractivity contribution >= 4 is 47.1 Å². The van der Waals surface area contributed by atoms with Crippen LogP contribution in [0.4, 0.5) is 0 Å². The van der Waals surface area contributed by atoms with Crippen LogP contribution in [-0.4, -0.2) is 74.9 Å². The molecule has 2 aromatic carbocycles. The largest absolute Gasteiger partial charge is 0.493 e. The second-order valence-corrected chi connectivity index (χ2v) is 9.56. The smallest absolute Gasteiger partial charge is 0.262 e. The van der Waals surface area contributed by atoms with Crippen LogP contribution < -0.4 is 20.2 Å². The molecule has 2 aromatic rings. The fourth-order valence-electron chi connectivity index (χ4n) is 3.65. The molecular weight excluding hydrogens is 535 g/mol. The number of amides is 3. The Morgan fingerprint density at radius 2 is 1.89 bits per heavy atom. The first kappa shape index (κ1) is 29.2. The molecule has 1 saturated heterocycles. The van der Waals surface area contributed by atoms with Gasteiger partial charge in [-0.1, -0.05) is 43.1 Å². The van der Waals surface area contributed by atoms with E-state index in [1.165, 1.54) is 25.5 Å². The SMILES string of the molecule is COc1cccc(/C=N\NC(=O)C(NC(=O)c2ccc(Cl)cc2Cl)C(C)C)c1OCC(=O)N1CCOCC1. The second-order valence-electron chi connectivity index (χ2n) is 8.71. The summed E-state index contributed by atoms with van der Waals surface area (Å²) < 4.78 is 16.5. The molecule has 0 saturated carbocycles. The number of ether oxygens (including phenoxy) is 3. The molecule has 0 bridgehead atoms. The fourth-order valence-corrected chi connectivity index (χ4v) is 4.14. The Balaban J connectivity index is 1.67. The molecule has 12 heteroatoms. The Morgan fingerprint density at radius 3 is 2.55 bits per heavy atom. The number of methoxy groups -OCH3 is 1. The van der Waals surface area contributed by atoms with Crippen LogP contribution in [0.5, 0.6) is 11.5 Å². The summed E-state index contributed by atoms with van der Waals surface area (Å²) in [7, 11) is 1.48. The standard InChI is InChI=1S/C26H30Cl2N4O6/c1-16(2)23(30-25(34)19-8-7-18(27)13-20(19)28)26(35)31-29-14-17-5-4-6-21(36-3)24(17)38-15-22(33)32-9-11-37-12-10-32/h4-8,13-14,16,23H,9-12,15H2,1-3H3,(H,30,34)(H,31,35)/b29-14-. The number of hydrogen-bond donors (Lipinski definition) is 2. The third-order valence-electron chi connectivity index (χ3n) is 5.72. The number of carbonyl (C=O) groups excluding carboxylic acids is 3. The number of para-hydroxylation sites is 1. The van der Waals surface area contributed by atoms with Gasteiger partial charge in [-0.2, -0.15) is 5.10 Å². The van der Waals surface area contributed by atoms with E-state index in [0.717, 1.165) is 0 Å². The van der Waals surface area contributed by atoms with E-state index in [-0.39, 0.29) is 29.0 Å². The van der Waals surface area contributed by atoms with Crippen LogP contribution in [0.15, 0.2) is 41.5 Å². The average molecular weight is 565 g/mol. The Morgan fingerprint density at radius 1 is 1.16 bits per heavy atom. The summed E-state index contributed by atoms with van der Waals surface area (Å²) in [6, 6.07) is 8.72. The maximum Gasteiger partial charge on any atom is 0.262 e. The zero-order chi connectivity index (χ0) is 27.7. The van der Waals surface area contributed by atoms with Crippen LogP contribution >= 0.6 is 23.2 Å². The number of hydrogen-bond acceptors (Lipinski definition) is 7. The van der Waals surface area contributed by atoms with Gasteiger partial charge in [0.15, 0.2) is 18.1 Å². The van der Waals surface area contributed by atoms with Crippen LogP contribution in [0.25, 0.3) is 0 Å². The van der Waals surface area contributed by atoms with Gasteiger partial charge in [-0.05, 0) is 36.2 Å². The summed E-state index contributed by atoms with van der Waals surface area (Å²) in [6.45, 7) is 5.38. The number of rotatable bonds is 10. The van der Waals surface area contributed by atoms with Gasteiger partial charge in [0.1, 0.15) is 6.04 Å². The highest BCUT2D eigenvalue weighted by molar-refractivity contribution is 6.36. The predicted octanol–water partition coefficient (Wildman–Crippen LogP) is 3.14. The third kappa shape index (κ3) is 7.83. The van der Waals surface area contributed by atoms with E-state index in [4.69, 9.17) is 37.4 Å². The van der Waals surface area contributed by atoms with E-state index in [9.17, 15) is 14.4 Å². The summed E-state index contributed by atoms with van der Waals surface area (Å²) in [6.07, 6.45) is 1.38. The Bertz CT molecular complexity index is 1180. The van der Waals surface area contributed by atoms with E-state index in [2.05, 4.69) is 15.8 Å². The topological polar surface area (TPSA) is 119 Å². The third-order valence-corrected chi connectivity index (χ3v) is 6.27. The van der Waals surface area contributed by atoms with Crippen LogP contribution in [0.1, 0.15) is 29.8 Å². The van der Waals surface area contributed by atoms with Crippen molar-refractivity contribution in [1.82, 2.24) is 15.6 Å². The number of carbonyl (C=O) groups is 3. The maximum absolute atomic E-state index is 12.9. The van der Waals surface area contributed by atoms with Crippen LogP contribution in [0.3, 0.4) is 0 Å². The fraction of sp³-hybridized carbons (Fsp3) is 0.385. The van der Waals surface area contributed by atoms with Gasteiger partial charge in [0, 0.05) is 23.7 Å². The summed E-state index contributed by atoms with van der Waals surface area (Å²) >= 11 is 12.0. The van der Waals surface area contributed by atoms with Crippen molar-refractivity contribution < 1.29 is 28.6 Å². The number of morpholine rings is 1. The molecule has 1 atom stereocenters. The minimum Gasteiger partial charge on any atom is -0.493 e. The van der Waals surface area contributed by atoms with Crippen LogP contribution in [0.2, 0.25) is 10.0 Å². The summed E-state index contributed by atoms with van der Waals surface area (Å²) in [5, 5.41) is 7.30. The highest BCUT2D eigenvalue weighted by Gasteiger charge is 2.25. The zero-order valence-corrected chi connectivity index (χ0v) is 22.8. The lowest BCUT2D eigenvalue weighted by Gasteiger charge is -2.27. The van der Waals surface area contributed by atoms with Gasteiger partial charge in [-0.15, -0.1) is 0 Å². The van der Waals surface area contributed by atoms with E-state index >= 15 is 0 Å². The second kappa shape index (κ2) is 14.0. The van der Waals surface area contributed by atoms with Gasteiger partial charge in [0.05, 0.1) is 37.1 Å². The van der Waals surface area contributed by atoms with Gasteiger partial charge in [0.25, 0.3) is 17.7 Å². The van der Waals surface area contributed by atoms with Crippen molar-refractivity contribution in [3.05, 3.63) is 57.6 Å². The molecule has 2 N–H and O–H groups in total. The molecule has 3 rings (SSSR count). The van der Waals surface area contributed by atoms with Crippen molar-refractivity contribution in [2.45, 2.75) is 19.9 Å². The van der Waals surface area contributed by atoms with Crippen LogP contribution in [0, 0.1) is 5.92 Å². The number of halogens is 2. The Labute approximate surface area is 231 Å². The molecule has 3 amide bonds. The molecule has 1 fully saturated rings. The quantitative estimate of drug-likeness (QED) is 0.338. The first-order valence-electron chi connectivity index (χ1n) is 12.0. The van der Waals surface area contributed by atoms with E-state index in [1.807, 2.05) is 0 Å². The van der Waals surface area contributed by atoms with Crippen molar-refractivity contribution in [1.29, 1.82) is 0 Å². The molecule has 204 valence electrons. The molecule has 0 aromatic heterocycles. The van der Waals surface area contributed by atoms with E-state index < -0.39 is 17.9 Å². The van der Waals surface area contributed by atoms with Crippen molar-refractivity contribution in [2.24, 2.45) is 11.0 Å². The lowest BCUT2D eigenvalue weighted by molar-refractivity contribution is -0.137. The average Bonchev–Trinajstić information content (AvgIpc) is 2.90. The molecule has 0 aliphatic carbocycles.